The van der Waals surface area contributed by atoms with E-state index in [0.717, 1.165) is 55.9 Å². The van der Waals surface area contributed by atoms with Gasteiger partial charge in [0, 0.05) is 31.6 Å². The fourth-order valence-corrected chi connectivity index (χ4v) is 4.56. The van der Waals surface area contributed by atoms with Crippen molar-refractivity contribution in [2.45, 2.75) is 6.42 Å². The lowest BCUT2D eigenvalue weighted by atomic mass is 10.2. The maximum Gasteiger partial charge on any atom is 0.266 e. The van der Waals surface area contributed by atoms with Crippen molar-refractivity contribution < 1.29 is 9.53 Å². The van der Waals surface area contributed by atoms with E-state index in [2.05, 4.69) is 9.88 Å². The van der Waals surface area contributed by atoms with Gasteiger partial charge in [-0.15, -0.1) is 0 Å². The van der Waals surface area contributed by atoms with E-state index in [9.17, 15) is 4.79 Å². The van der Waals surface area contributed by atoms with Gasteiger partial charge in [-0.05, 0) is 24.6 Å². The van der Waals surface area contributed by atoms with Crippen LogP contribution in [0.1, 0.15) is 12.1 Å². The molecule has 0 spiro atoms. The lowest BCUT2D eigenvalue weighted by molar-refractivity contribution is -0.122. The number of carbonyl (C=O) groups excluding carboxylic acids is 1. The molecule has 0 saturated carbocycles. The molecule has 0 atom stereocenters. The molecule has 2 aromatic rings. The molecular formula is C20H21N3O2S2. The number of rotatable bonds is 5. The summed E-state index contributed by atoms with van der Waals surface area (Å²) in [6.45, 7) is 5.14. The first-order chi connectivity index (χ1) is 13.2. The first kappa shape index (κ1) is 18.6. The highest BCUT2D eigenvalue weighted by atomic mass is 32.2. The van der Waals surface area contributed by atoms with E-state index in [4.69, 9.17) is 17.0 Å². The summed E-state index contributed by atoms with van der Waals surface area (Å²) in [5, 5.41) is 1.09. The number of hydrogen-bond acceptors (Lipinski definition) is 6. The maximum absolute atomic E-state index is 12.8. The van der Waals surface area contributed by atoms with Crippen molar-refractivity contribution in [3.05, 3.63) is 47.0 Å². The van der Waals surface area contributed by atoms with Crippen LogP contribution in [0.4, 0.5) is 0 Å². The Labute approximate surface area is 168 Å². The van der Waals surface area contributed by atoms with Crippen LogP contribution in [0.5, 0.6) is 0 Å². The van der Waals surface area contributed by atoms with Crippen LogP contribution in [-0.4, -0.2) is 64.4 Å². The summed E-state index contributed by atoms with van der Waals surface area (Å²) in [7, 11) is 0. The molecule has 140 valence electrons. The number of aromatic nitrogens is 1. The molecular weight excluding hydrogens is 378 g/mol. The number of thiocarbonyl (C=S) groups is 1. The first-order valence-electron chi connectivity index (χ1n) is 9.12. The molecule has 0 N–H and O–H groups in total. The van der Waals surface area contributed by atoms with Gasteiger partial charge < -0.3 is 4.74 Å². The second-order valence-corrected chi connectivity index (χ2v) is 8.25. The van der Waals surface area contributed by atoms with E-state index in [1.165, 1.54) is 11.8 Å². The van der Waals surface area contributed by atoms with Crippen molar-refractivity contribution >= 4 is 51.2 Å². The quantitative estimate of drug-likeness (QED) is 0.569. The van der Waals surface area contributed by atoms with Crippen LogP contribution >= 0.6 is 24.0 Å². The molecule has 2 fully saturated rings. The second-order valence-electron chi connectivity index (χ2n) is 6.57. The number of fused-ring (bicyclic) bond motifs is 1. The van der Waals surface area contributed by atoms with Crippen LogP contribution in [0.25, 0.3) is 17.0 Å². The molecule has 27 heavy (non-hydrogen) atoms. The summed E-state index contributed by atoms with van der Waals surface area (Å²) in [4.78, 5) is 22.1. The standard InChI is InChI=1S/C20H21N3O2S2/c24-19-18(14-16-7-6-15-4-1-2-5-17(15)21-16)27-20(26)23(19)9-3-8-22-10-12-25-13-11-22/h1-2,4-7,14H,3,8-13H2. The van der Waals surface area contributed by atoms with Gasteiger partial charge in [0.1, 0.15) is 4.32 Å². The van der Waals surface area contributed by atoms with Crippen LogP contribution in [0, 0.1) is 0 Å². The van der Waals surface area contributed by atoms with Crippen LogP contribution in [0.2, 0.25) is 0 Å². The molecule has 5 nitrogen and oxygen atoms in total. The molecule has 4 rings (SSSR count). The Hall–Kier alpha value is -1.80. The first-order valence-corrected chi connectivity index (χ1v) is 10.3. The van der Waals surface area contributed by atoms with Crippen molar-refractivity contribution in [1.29, 1.82) is 0 Å². The van der Waals surface area contributed by atoms with E-state index in [-0.39, 0.29) is 5.91 Å². The summed E-state index contributed by atoms with van der Waals surface area (Å²) in [6, 6.07) is 11.9. The Bertz CT molecular complexity index is 894. The Kier molecular flexibility index (Phi) is 5.83. The number of para-hydroxylation sites is 1. The van der Waals surface area contributed by atoms with Crippen LogP contribution in [-0.2, 0) is 9.53 Å². The largest absolute Gasteiger partial charge is 0.379 e. The highest BCUT2D eigenvalue weighted by Crippen LogP contribution is 2.32. The summed E-state index contributed by atoms with van der Waals surface area (Å²) in [5.41, 5.74) is 1.70. The zero-order valence-electron chi connectivity index (χ0n) is 15.0. The van der Waals surface area contributed by atoms with Gasteiger partial charge in [0.25, 0.3) is 5.91 Å². The highest BCUT2D eigenvalue weighted by Gasteiger charge is 2.31. The third-order valence-corrected chi connectivity index (χ3v) is 6.11. The van der Waals surface area contributed by atoms with Crippen LogP contribution < -0.4 is 0 Å². The third-order valence-electron chi connectivity index (χ3n) is 4.73. The Morgan fingerprint density at radius 3 is 2.81 bits per heavy atom. The number of thioether (sulfide) groups is 1. The van der Waals surface area contributed by atoms with Gasteiger partial charge in [0.05, 0.1) is 29.3 Å². The van der Waals surface area contributed by atoms with E-state index >= 15 is 0 Å². The number of hydrogen-bond donors (Lipinski definition) is 0. The molecule has 1 amide bonds. The predicted octanol–water partition coefficient (Wildman–Crippen LogP) is 3.16. The number of morpholine rings is 1. The minimum Gasteiger partial charge on any atom is -0.379 e. The van der Waals surface area contributed by atoms with Gasteiger partial charge in [0.2, 0.25) is 0 Å². The predicted molar refractivity (Wildman–Crippen MR) is 113 cm³/mol. The fraction of sp³-hybridized carbons (Fsp3) is 0.350. The molecule has 0 bridgehead atoms. The Morgan fingerprint density at radius 1 is 1.15 bits per heavy atom. The van der Waals surface area contributed by atoms with Crippen molar-refractivity contribution in [2.75, 3.05) is 39.4 Å². The van der Waals surface area contributed by atoms with Gasteiger partial charge in [-0.1, -0.05) is 48.2 Å². The normalized spacial score (nSPS) is 20.1. The van der Waals surface area contributed by atoms with Crippen LogP contribution in [0.15, 0.2) is 41.3 Å². The smallest absolute Gasteiger partial charge is 0.266 e. The number of ether oxygens (including phenoxy) is 1. The summed E-state index contributed by atoms with van der Waals surface area (Å²) in [5.74, 6) is -0.0121. The number of nitrogens with zero attached hydrogens (tertiary/aromatic N) is 3. The average Bonchev–Trinajstić information content (AvgIpc) is 2.96. The van der Waals surface area contributed by atoms with Gasteiger partial charge in [-0.2, -0.15) is 0 Å². The maximum atomic E-state index is 12.8. The molecule has 0 radical (unpaired) electrons. The van der Waals surface area contributed by atoms with Gasteiger partial charge in [0.15, 0.2) is 0 Å². The number of amides is 1. The molecule has 3 heterocycles. The van der Waals surface area contributed by atoms with Gasteiger partial charge >= 0.3 is 0 Å². The second kappa shape index (κ2) is 8.48. The minimum atomic E-state index is -0.0121. The number of carbonyl (C=O) groups is 1. The van der Waals surface area contributed by atoms with Gasteiger partial charge in [-0.25, -0.2) is 4.98 Å². The van der Waals surface area contributed by atoms with E-state index in [0.29, 0.717) is 15.8 Å². The van der Waals surface area contributed by atoms with Crippen LogP contribution in [0.3, 0.4) is 0 Å². The summed E-state index contributed by atoms with van der Waals surface area (Å²) >= 11 is 6.79. The van der Waals surface area contributed by atoms with Crippen molar-refractivity contribution in [1.82, 2.24) is 14.8 Å². The number of benzene rings is 1. The molecule has 0 aliphatic carbocycles. The van der Waals surface area contributed by atoms with E-state index in [1.54, 1.807) is 4.90 Å². The Balaban J connectivity index is 1.41. The van der Waals surface area contributed by atoms with Crippen molar-refractivity contribution in [2.24, 2.45) is 0 Å². The van der Waals surface area contributed by atoms with Crippen molar-refractivity contribution in [3.63, 3.8) is 0 Å². The molecule has 1 aromatic heterocycles. The number of pyridine rings is 1. The summed E-state index contributed by atoms with van der Waals surface area (Å²) in [6.07, 6.45) is 2.75. The summed E-state index contributed by atoms with van der Waals surface area (Å²) < 4.78 is 6.00. The lowest BCUT2D eigenvalue weighted by Crippen LogP contribution is -2.38. The SMILES string of the molecule is O=C1C(=Cc2ccc3ccccc3n2)SC(=S)N1CCCN1CCOCC1. The monoisotopic (exact) mass is 399 g/mol. The molecule has 2 aliphatic rings. The molecule has 0 unspecified atom stereocenters. The van der Waals surface area contributed by atoms with E-state index < -0.39 is 0 Å². The zero-order chi connectivity index (χ0) is 18.6. The molecule has 7 heteroatoms. The highest BCUT2D eigenvalue weighted by molar-refractivity contribution is 8.26. The molecule has 2 aliphatic heterocycles. The van der Waals surface area contributed by atoms with E-state index in [1.807, 2.05) is 42.5 Å². The Morgan fingerprint density at radius 2 is 1.96 bits per heavy atom. The zero-order valence-corrected chi connectivity index (χ0v) is 16.6. The minimum absolute atomic E-state index is 0.0121. The third kappa shape index (κ3) is 4.38. The fourth-order valence-electron chi connectivity index (χ4n) is 3.27. The molecule has 1 aromatic carbocycles. The lowest BCUT2D eigenvalue weighted by Gasteiger charge is -2.27. The topological polar surface area (TPSA) is 45.7 Å². The van der Waals surface area contributed by atoms with Gasteiger partial charge in [-0.3, -0.25) is 14.6 Å². The average molecular weight is 400 g/mol. The molecule has 2 saturated heterocycles. The van der Waals surface area contributed by atoms with Crippen molar-refractivity contribution in [3.8, 4) is 0 Å².